The molecule has 134 valence electrons. The monoisotopic (exact) mass is 337 g/mol. The molecular weight excluding hydrogens is 306 g/mol. The van der Waals surface area contributed by atoms with Crippen molar-refractivity contribution in [1.29, 1.82) is 0 Å². The quantitative estimate of drug-likeness (QED) is 0.702. The summed E-state index contributed by atoms with van der Waals surface area (Å²) in [6.45, 7) is 8.33. The number of benzene rings is 2. The summed E-state index contributed by atoms with van der Waals surface area (Å²) >= 11 is 0. The van der Waals surface area contributed by atoms with E-state index >= 15 is 0 Å². The van der Waals surface area contributed by atoms with Gasteiger partial charge in [0.2, 0.25) is 0 Å². The van der Waals surface area contributed by atoms with Crippen LogP contribution < -0.4 is 5.32 Å². The summed E-state index contributed by atoms with van der Waals surface area (Å²) < 4.78 is 0. The Labute approximate surface area is 152 Å². The van der Waals surface area contributed by atoms with Gasteiger partial charge in [-0.1, -0.05) is 69.2 Å². The molecule has 2 aromatic rings. The van der Waals surface area contributed by atoms with Crippen molar-refractivity contribution in [3.8, 4) is 0 Å². The Bertz CT molecular complexity index is 702. The minimum absolute atomic E-state index is 0.350. The fourth-order valence-electron chi connectivity index (χ4n) is 4.09. The number of nitrogens with one attached hydrogen (secondary N) is 1. The third-order valence-corrected chi connectivity index (χ3v) is 5.68. The van der Waals surface area contributed by atoms with Crippen molar-refractivity contribution in [1.82, 2.24) is 0 Å². The molecule has 0 aliphatic carbocycles. The van der Waals surface area contributed by atoms with Crippen LogP contribution >= 0.6 is 0 Å². The van der Waals surface area contributed by atoms with E-state index in [1.54, 1.807) is 0 Å². The van der Waals surface area contributed by atoms with Gasteiger partial charge in [-0.2, -0.15) is 0 Å². The molecule has 3 rings (SSSR count). The molecule has 0 saturated heterocycles. The molecule has 2 heteroatoms. The molecule has 25 heavy (non-hydrogen) atoms. The van der Waals surface area contributed by atoms with Crippen LogP contribution in [0.3, 0.4) is 0 Å². The highest BCUT2D eigenvalue weighted by Crippen LogP contribution is 2.47. The zero-order valence-corrected chi connectivity index (χ0v) is 15.9. The van der Waals surface area contributed by atoms with E-state index in [4.69, 9.17) is 0 Å². The van der Waals surface area contributed by atoms with Crippen molar-refractivity contribution < 1.29 is 5.11 Å². The van der Waals surface area contributed by atoms with E-state index in [1.807, 2.05) is 19.9 Å². The Balaban J connectivity index is 2.01. The molecule has 1 aliphatic heterocycles. The number of hydrogen-bond acceptors (Lipinski definition) is 2. The van der Waals surface area contributed by atoms with Crippen LogP contribution in [0.5, 0.6) is 0 Å². The normalized spacial score (nSPS) is 23.0. The fourth-order valence-corrected chi connectivity index (χ4v) is 4.09. The van der Waals surface area contributed by atoms with E-state index in [9.17, 15) is 5.11 Å². The van der Waals surface area contributed by atoms with Gasteiger partial charge in [0.1, 0.15) is 0 Å². The van der Waals surface area contributed by atoms with Crippen molar-refractivity contribution >= 4 is 5.69 Å². The second-order valence-electron chi connectivity index (χ2n) is 7.99. The number of hydrogen-bond donors (Lipinski definition) is 2. The van der Waals surface area contributed by atoms with Gasteiger partial charge in [-0.15, -0.1) is 0 Å². The number of aliphatic hydroxyl groups is 1. The lowest BCUT2D eigenvalue weighted by atomic mass is 9.73. The average molecular weight is 338 g/mol. The first-order valence-corrected chi connectivity index (χ1v) is 9.60. The summed E-state index contributed by atoms with van der Waals surface area (Å²) in [4.78, 5) is 0. The van der Waals surface area contributed by atoms with Gasteiger partial charge in [-0.05, 0) is 54.9 Å². The lowest BCUT2D eigenvalue weighted by molar-refractivity contribution is 0.0784. The van der Waals surface area contributed by atoms with Crippen molar-refractivity contribution in [2.24, 2.45) is 5.92 Å². The molecule has 0 aromatic heterocycles. The average Bonchev–Trinajstić information content (AvgIpc) is 2.60. The van der Waals surface area contributed by atoms with E-state index in [-0.39, 0.29) is 0 Å². The van der Waals surface area contributed by atoms with E-state index in [0.717, 1.165) is 5.56 Å². The summed E-state index contributed by atoms with van der Waals surface area (Å²) in [7, 11) is 0. The largest absolute Gasteiger partial charge is 0.386 e. The van der Waals surface area contributed by atoms with Crippen LogP contribution in [-0.4, -0.2) is 5.11 Å². The Kier molecular flexibility index (Phi) is 5.19. The van der Waals surface area contributed by atoms with Crippen molar-refractivity contribution in [3.05, 3.63) is 65.2 Å². The summed E-state index contributed by atoms with van der Waals surface area (Å²) in [6, 6.07) is 17.6. The Morgan fingerprint density at radius 2 is 1.80 bits per heavy atom. The van der Waals surface area contributed by atoms with Gasteiger partial charge in [-0.3, -0.25) is 0 Å². The highest BCUT2D eigenvalue weighted by molar-refractivity contribution is 5.59. The predicted molar refractivity (Wildman–Crippen MR) is 106 cm³/mol. The smallest absolute Gasteiger partial charge is 0.0840 e. The molecule has 0 saturated carbocycles. The molecule has 2 aromatic carbocycles. The van der Waals surface area contributed by atoms with Gasteiger partial charge in [0, 0.05) is 5.69 Å². The lowest BCUT2D eigenvalue weighted by Crippen LogP contribution is -2.31. The summed E-state index contributed by atoms with van der Waals surface area (Å²) in [5.74, 6) is 1.03. The van der Waals surface area contributed by atoms with Gasteiger partial charge in [0.05, 0.1) is 11.6 Å². The Morgan fingerprint density at radius 3 is 2.44 bits per heavy atom. The van der Waals surface area contributed by atoms with Gasteiger partial charge in [0.25, 0.3) is 0 Å². The highest BCUT2D eigenvalue weighted by Gasteiger charge is 2.35. The van der Waals surface area contributed by atoms with E-state index in [0.29, 0.717) is 17.9 Å². The second-order valence-corrected chi connectivity index (χ2v) is 7.99. The van der Waals surface area contributed by atoms with Crippen molar-refractivity contribution in [2.75, 3.05) is 5.32 Å². The molecule has 0 bridgehead atoms. The lowest BCUT2D eigenvalue weighted by Gasteiger charge is -2.40. The molecule has 1 unspecified atom stereocenters. The van der Waals surface area contributed by atoms with E-state index in [1.165, 1.54) is 36.1 Å². The van der Waals surface area contributed by atoms with Gasteiger partial charge >= 0.3 is 0 Å². The first kappa shape index (κ1) is 18.0. The maximum atomic E-state index is 10.4. The standard InChI is InChI=1S/C23H31NO/c1-5-6-12-19-16(2)20-15-18(23(3,4)25)13-14-21(20)24-22(19)17-10-8-7-9-11-17/h7-11,13-16,19,22,24-25H,5-6,12H2,1-4H3/t16?,19-,22-/m1/s1. The van der Waals surface area contributed by atoms with Crippen LogP contribution in [0.15, 0.2) is 48.5 Å². The van der Waals surface area contributed by atoms with Gasteiger partial charge < -0.3 is 10.4 Å². The van der Waals surface area contributed by atoms with Crippen LogP contribution in [0.4, 0.5) is 5.69 Å². The molecule has 2 N–H and O–H groups in total. The second kappa shape index (κ2) is 7.21. The Hall–Kier alpha value is -1.80. The molecule has 0 spiro atoms. The predicted octanol–water partition coefficient (Wildman–Crippen LogP) is 5.99. The summed E-state index contributed by atoms with van der Waals surface area (Å²) in [5.41, 5.74) is 4.11. The van der Waals surface area contributed by atoms with Crippen molar-refractivity contribution in [2.45, 2.75) is 64.5 Å². The van der Waals surface area contributed by atoms with Crippen molar-refractivity contribution in [3.63, 3.8) is 0 Å². The number of fused-ring (bicyclic) bond motifs is 1. The summed E-state index contributed by atoms with van der Waals surface area (Å²) in [6.07, 6.45) is 3.69. The van der Waals surface area contributed by atoms with E-state index < -0.39 is 5.60 Å². The van der Waals surface area contributed by atoms with Crippen LogP contribution in [0.2, 0.25) is 0 Å². The molecule has 0 fully saturated rings. The molecule has 1 heterocycles. The number of unbranched alkanes of at least 4 members (excludes halogenated alkanes) is 1. The van der Waals surface area contributed by atoms with Crippen LogP contribution in [0.25, 0.3) is 0 Å². The van der Waals surface area contributed by atoms with Crippen LogP contribution in [0, 0.1) is 5.92 Å². The molecule has 0 amide bonds. The maximum absolute atomic E-state index is 10.4. The molecule has 2 nitrogen and oxygen atoms in total. The zero-order valence-electron chi connectivity index (χ0n) is 15.9. The molecule has 3 atom stereocenters. The minimum atomic E-state index is -0.802. The minimum Gasteiger partial charge on any atom is -0.386 e. The summed E-state index contributed by atoms with van der Waals surface area (Å²) in [5, 5.41) is 14.2. The maximum Gasteiger partial charge on any atom is 0.0840 e. The first-order valence-electron chi connectivity index (χ1n) is 9.60. The molecule has 1 aliphatic rings. The van der Waals surface area contributed by atoms with E-state index in [2.05, 4.69) is 61.6 Å². The number of anilines is 1. The number of rotatable bonds is 5. The third kappa shape index (κ3) is 3.74. The third-order valence-electron chi connectivity index (χ3n) is 5.68. The van der Waals surface area contributed by atoms with Gasteiger partial charge in [-0.25, -0.2) is 0 Å². The SMILES string of the molecule is CCCC[C@@H]1C(C)c2cc(C(C)(C)O)ccc2N[C@@H]1c1ccccc1. The van der Waals surface area contributed by atoms with Gasteiger partial charge in [0.15, 0.2) is 0 Å². The topological polar surface area (TPSA) is 32.3 Å². The molecule has 0 radical (unpaired) electrons. The van der Waals surface area contributed by atoms with Crippen LogP contribution in [-0.2, 0) is 5.60 Å². The van der Waals surface area contributed by atoms with Crippen LogP contribution in [0.1, 0.15) is 75.6 Å². The Morgan fingerprint density at radius 1 is 1.08 bits per heavy atom. The molecular formula is C23H31NO. The fraction of sp³-hybridized carbons (Fsp3) is 0.478. The first-order chi connectivity index (χ1) is 11.9. The highest BCUT2D eigenvalue weighted by atomic mass is 16.3. The zero-order chi connectivity index (χ0) is 18.0.